The molecule has 1 aromatic carbocycles. The molecule has 0 amide bonds. The van der Waals surface area contributed by atoms with E-state index in [1.165, 1.54) is 0 Å². The minimum Gasteiger partial charge on any atom is -0.456 e. The molecule has 1 atom stereocenters. The van der Waals surface area contributed by atoms with Gasteiger partial charge in [0.25, 0.3) is 0 Å². The Balaban J connectivity index is 2.24. The molecular weight excluding hydrogens is 328 g/mol. The third-order valence-corrected chi connectivity index (χ3v) is 4.64. The zero-order valence-electron chi connectivity index (χ0n) is 11.0. The van der Waals surface area contributed by atoms with Crippen LogP contribution in [-0.4, -0.2) is 17.5 Å². The van der Waals surface area contributed by atoms with Crippen molar-refractivity contribution in [2.75, 3.05) is 5.88 Å². The SMILES string of the molecule is CC1(C)CC=C(c2ccc(C(Br)CCl)cc2)C(=O)O1. The van der Waals surface area contributed by atoms with E-state index in [2.05, 4.69) is 15.9 Å². The van der Waals surface area contributed by atoms with Crippen molar-refractivity contribution < 1.29 is 9.53 Å². The summed E-state index contributed by atoms with van der Waals surface area (Å²) in [7, 11) is 0. The molecule has 1 aliphatic rings. The number of esters is 1. The molecule has 2 rings (SSSR count). The summed E-state index contributed by atoms with van der Waals surface area (Å²) in [6.07, 6.45) is 2.69. The maximum atomic E-state index is 12.0. The molecular formula is C15H16BrClO2. The number of ether oxygens (including phenoxy) is 1. The predicted octanol–water partition coefficient (Wildman–Crippen LogP) is 4.47. The molecule has 19 heavy (non-hydrogen) atoms. The van der Waals surface area contributed by atoms with E-state index < -0.39 is 5.60 Å². The van der Waals surface area contributed by atoms with Gasteiger partial charge in [-0.15, -0.1) is 11.6 Å². The first kappa shape index (κ1) is 14.6. The number of rotatable bonds is 3. The first-order chi connectivity index (χ1) is 8.93. The molecule has 1 aliphatic heterocycles. The van der Waals surface area contributed by atoms with Gasteiger partial charge in [-0.05, 0) is 25.0 Å². The van der Waals surface area contributed by atoms with Gasteiger partial charge in [-0.25, -0.2) is 4.79 Å². The Morgan fingerprint density at radius 2 is 2.00 bits per heavy atom. The van der Waals surface area contributed by atoms with Crippen LogP contribution in [0.3, 0.4) is 0 Å². The highest BCUT2D eigenvalue weighted by Gasteiger charge is 2.29. The van der Waals surface area contributed by atoms with Crippen LogP contribution >= 0.6 is 27.5 Å². The van der Waals surface area contributed by atoms with E-state index in [4.69, 9.17) is 16.3 Å². The fraction of sp³-hybridized carbons (Fsp3) is 0.400. The van der Waals surface area contributed by atoms with Crippen molar-refractivity contribution in [1.82, 2.24) is 0 Å². The Bertz CT molecular complexity index is 505. The standard InChI is InChI=1S/C15H16BrClO2/c1-15(2)8-7-12(14(18)19-15)10-3-5-11(6-4-10)13(16)9-17/h3-7,13H,8-9H2,1-2H3. The van der Waals surface area contributed by atoms with E-state index >= 15 is 0 Å². The highest BCUT2D eigenvalue weighted by Crippen LogP contribution is 2.30. The molecule has 0 radical (unpaired) electrons. The highest BCUT2D eigenvalue weighted by atomic mass is 79.9. The average molecular weight is 344 g/mol. The first-order valence-corrected chi connectivity index (χ1v) is 7.62. The summed E-state index contributed by atoms with van der Waals surface area (Å²) in [5.74, 6) is 0.259. The fourth-order valence-corrected chi connectivity index (χ4v) is 2.46. The summed E-state index contributed by atoms with van der Waals surface area (Å²) in [6, 6.07) is 7.82. The maximum Gasteiger partial charge on any atom is 0.338 e. The van der Waals surface area contributed by atoms with Gasteiger partial charge >= 0.3 is 5.97 Å². The van der Waals surface area contributed by atoms with E-state index in [0.29, 0.717) is 11.5 Å². The van der Waals surface area contributed by atoms with Crippen LogP contribution in [0.4, 0.5) is 0 Å². The van der Waals surface area contributed by atoms with E-state index in [0.717, 1.165) is 17.5 Å². The highest BCUT2D eigenvalue weighted by molar-refractivity contribution is 9.09. The summed E-state index contributed by atoms with van der Waals surface area (Å²) < 4.78 is 5.40. The quantitative estimate of drug-likeness (QED) is 0.598. The van der Waals surface area contributed by atoms with Gasteiger partial charge in [0, 0.05) is 12.3 Å². The van der Waals surface area contributed by atoms with Crippen molar-refractivity contribution in [1.29, 1.82) is 0 Å². The minimum absolute atomic E-state index is 0.134. The predicted molar refractivity (Wildman–Crippen MR) is 81.6 cm³/mol. The molecule has 0 saturated heterocycles. The smallest absolute Gasteiger partial charge is 0.338 e. The van der Waals surface area contributed by atoms with Gasteiger partial charge in [0.05, 0.1) is 10.4 Å². The second-order valence-electron chi connectivity index (χ2n) is 5.21. The van der Waals surface area contributed by atoms with E-state index in [-0.39, 0.29) is 10.8 Å². The molecule has 1 unspecified atom stereocenters. The summed E-state index contributed by atoms with van der Waals surface area (Å²) >= 11 is 9.29. The van der Waals surface area contributed by atoms with Gasteiger partial charge in [0.15, 0.2) is 0 Å². The van der Waals surface area contributed by atoms with Crippen molar-refractivity contribution in [3.8, 4) is 0 Å². The second-order valence-corrected chi connectivity index (χ2v) is 6.63. The zero-order valence-corrected chi connectivity index (χ0v) is 13.3. The monoisotopic (exact) mass is 342 g/mol. The van der Waals surface area contributed by atoms with Gasteiger partial charge < -0.3 is 4.74 Å². The third kappa shape index (κ3) is 3.40. The lowest BCUT2D eigenvalue weighted by molar-refractivity contribution is -0.149. The van der Waals surface area contributed by atoms with Crippen LogP contribution < -0.4 is 0 Å². The van der Waals surface area contributed by atoms with Crippen LogP contribution in [-0.2, 0) is 9.53 Å². The van der Waals surface area contributed by atoms with Crippen molar-refractivity contribution in [2.45, 2.75) is 30.7 Å². The fourth-order valence-electron chi connectivity index (χ4n) is 1.98. The minimum atomic E-state index is -0.403. The van der Waals surface area contributed by atoms with E-state index in [9.17, 15) is 4.79 Å². The van der Waals surface area contributed by atoms with Crippen LogP contribution in [0.5, 0.6) is 0 Å². The lowest BCUT2D eigenvalue weighted by Gasteiger charge is -2.28. The Labute approximate surface area is 126 Å². The molecule has 102 valence electrons. The number of carbonyl (C=O) groups is 1. The molecule has 4 heteroatoms. The number of carbonyl (C=O) groups excluding carboxylic acids is 1. The normalized spacial score (nSPS) is 19.6. The Morgan fingerprint density at radius 1 is 1.37 bits per heavy atom. The number of hydrogen-bond acceptors (Lipinski definition) is 2. The van der Waals surface area contributed by atoms with Crippen molar-refractivity contribution in [2.24, 2.45) is 0 Å². The second kappa shape index (κ2) is 5.68. The Hall–Kier alpha value is -0.800. The molecule has 1 aromatic rings. The van der Waals surface area contributed by atoms with Crippen LogP contribution in [0.25, 0.3) is 5.57 Å². The van der Waals surface area contributed by atoms with Gasteiger partial charge in [0.1, 0.15) is 5.60 Å². The summed E-state index contributed by atoms with van der Waals surface area (Å²) in [6.45, 7) is 3.83. The molecule has 0 bridgehead atoms. The van der Waals surface area contributed by atoms with Crippen molar-refractivity contribution in [3.05, 3.63) is 41.5 Å². The van der Waals surface area contributed by atoms with E-state index in [1.807, 2.05) is 44.2 Å². The Kier molecular flexibility index (Phi) is 4.36. The lowest BCUT2D eigenvalue weighted by Crippen LogP contribution is -2.31. The number of benzene rings is 1. The number of alkyl halides is 2. The van der Waals surface area contributed by atoms with Crippen molar-refractivity contribution in [3.63, 3.8) is 0 Å². The summed E-state index contributed by atoms with van der Waals surface area (Å²) in [4.78, 5) is 12.1. The molecule has 0 saturated carbocycles. The molecule has 0 fully saturated rings. The van der Waals surface area contributed by atoms with Crippen molar-refractivity contribution >= 4 is 39.1 Å². The average Bonchev–Trinajstić information content (AvgIpc) is 2.37. The third-order valence-electron chi connectivity index (χ3n) is 3.11. The van der Waals surface area contributed by atoms with Crippen LogP contribution in [0.15, 0.2) is 30.3 Å². The largest absolute Gasteiger partial charge is 0.456 e. The zero-order chi connectivity index (χ0) is 14.0. The van der Waals surface area contributed by atoms with Crippen LogP contribution in [0.1, 0.15) is 36.2 Å². The first-order valence-electron chi connectivity index (χ1n) is 6.17. The summed E-state index contributed by atoms with van der Waals surface area (Å²) in [5.41, 5.74) is 2.23. The van der Waals surface area contributed by atoms with Gasteiger partial charge in [-0.2, -0.15) is 0 Å². The van der Waals surface area contributed by atoms with Gasteiger partial charge in [-0.1, -0.05) is 46.3 Å². The van der Waals surface area contributed by atoms with E-state index in [1.54, 1.807) is 0 Å². The van der Waals surface area contributed by atoms with Gasteiger partial charge in [-0.3, -0.25) is 0 Å². The topological polar surface area (TPSA) is 26.3 Å². The lowest BCUT2D eigenvalue weighted by atomic mass is 9.95. The van der Waals surface area contributed by atoms with Crippen LogP contribution in [0, 0.1) is 0 Å². The molecule has 2 nitrogen and oxygen atoms in total. The summed E-state index contributed by atoms with van der Waals surface area (Å²) in [5, 5.41) is 0. The molecule has 0 aromatic heterocycles. The van der Waals surface area contributed by atoms with Crippen LogP contribution in [0.2, 0.25) is 0 Å². The molecule has 0 aliphatic carbocycles. The number of halogens is 2. The molecule has 0 spiro atoms. The van der Waals surface area contributed by atoms with Gasteiger partial charge in [0.2, 0.25) is 0 Å². The maximum absolute atomic E-state index is 12.0. The molecule has 1 heterocycles. The molecule has 0 N–H and O–H groups in total. The number of cyclic esters (lactones) is 1. The number of hydrogen-bond donors (Lipinski definition) is 0. The Morgan fingerprint density at radius 3 is 2.53 bits per heavy atom.